The molecule has 0 saturated heterocycles. The van der Waals surface area contributed by atoms with E-state index in [1.807, 2.05) is 36.4 Å². The van der Waals surface area contributed by atoms with Gasteiger partial charge in [-0.25, -0.2) is 4.98 Å². The van der Waals surface area contributed by atoms with Gasteiger partial charge in [0, 0.05) is 5.56 Å². The van der Waals surface area contributed by atoms with Crippen LogP contribution in [-0.2, 0) is 0 Å². The standard InChI is InChI=1S/C23H24N6OS/c24-20-17(15-8-3-1-4-9-15)14-18(19-12-7-13-31-19)25-23(20)30-21(22-26-28-29-27-22)16-10-5-2-6-11-16/h2,5-7,10-15,21H,1,3-4,8-9,24H2,(H,26,27,28,29). The van der Waals surface area contributed by atoms with Gasteiger partial charge < -0.3 is 10.5 Å². The maximum absolute atomic E-state index is 6.67. The predicted octanol–water partition coefficient (Wildman–Crippen LogP) is 5.12. The third-order valence-electron chi connectivity index (χ3n) is 5.80. The lowest BCUT2D eigenvalue weighted by Crippen LogP contribution is -2.15. The Bertz CT molecular complexity index is 1110. The van der Waals surface area contributed by atoms with Crippen molar-refractivity contribution in [3.8, 4) is 16.5 Å². The Kier molecular flexibility index (Phi) is 5.62. The smallest absolute Gasteiger partial charge is 0.239 e. The van der Waals surface area contributed by atoms with Crippen LogP contribution in [0.2, 0.25) is 0 Å². The molecule has 0 radical (unpaired) electrons. The van der Waals surface area contributed by atoms with Crippen LogP contribution in [0.1, 0.15) is 61.1 Å². The normalized spacial score (nSPS) is 15.6. The largest absolute Gasteiger partial charge is 0.460 e. The molecule has 31 heavy (non-hydrogen) atoms. The lowest BCUT2D eigenvalue weighted by atomic mass is 9.83. The minimum absolute atomic E-state index is 0.421. The SMILES string of the molecule is Nc1c(C2CCCCC2)cc(-c2cccs2)nc1OC(c1ccccc1)c1nn[nH]n1. The van der Waals surface area contributed by atoms with Gasteiger partial charge in [-0.3, -0.25) is 0 Å². The fourth-order valence-electron chi connectivity index (χ4n) is 4.23. The van der Waals surface area contributed by atoms with Gasteiger partial charge >= 0.3 is 0 Å². The lowest BCUT2D eigenvalue weighted by Gasteiger charge is -2.25. The van der Waals surface area contributed by atoms with Crippen molar-refractivity contribution in [2.45, 2.75) is 44.1 Å². The van der Waals surface area contributed by atoms with Gasteiger partial charge in [-0.05, 0) is 41.8 Å². The highest BCUT2D eigenvalue weighted by Crippen LogP contribution is 2.42. The zero-order valence-corrected chi connectivity index (χ0v) is 17.9. The van der Waals surface area contributed by atoms with E-state index in [2.05, 4.69) is 38.1 Å². The van der Waals surface area contributed by atoms with E-state index in [0.29, 0.717) is 23.3 Å². The summed E-state index contributed by atoms with van der Waals surface area (Å²) in [5.74, 6) is 1.29. The molecule has 1 saturated carbocycles. The van der Waals surface area contributed by atoms with Crippen molar-refractivity contribution < 1.29 is 4.74 Å². The number of H-pyrrole nitrogens is 1. The average Bonchev–Trinajstić information content (AvgIpc) is 3.54. The zero-order valence-electron chi connectivity index (χ0n) is 17.1. The second-order valence-corrected chi connectivity index (χ2v) is 8.75. The number of nitrogens with one attached hydrogen (secondary N) is 1. The van der Waals surface area contributed by atoms with Crippen molar-refractivity contribution in [2.24, 2.45) is 0 Å². The van der Waals surface area contributed by atoms with Crippen LogP contribution in [0.15, 0.2) is 53.9 Å². The summed E-state index contributed by atoms with van der Waals surface area (Å²) >= 11 is 1.66. The van der Waals surface area contributed by atoms with Crippen molar-refractivity contribution in [2.75, 3.05) is 5.73 Å². The molecule has 1 fully saturated rings. The first-order valence-electron chi connectivity index (χ1n) is 10.6. The van der Waals surface area contributed by atoms with Crippen LogP contribution in [0.5, 0.6) is 5.88 Å². The van der Waals surface area contributed by atoms with Gasteiger partial charge in [0.2, 0.25) is 11.7 Å². The fraction of sp³-hybridized carbons (Fsp3) is 0.304. The molecule has 0 aliphatic heterocycles. The predicted molar refractivity (Wildman–Crippen MR) is 121 cm³/mol. The number of thiophene rings is 1. The van der Waals surface area contributed by atoms with Crippen LogP contribution in [0, 0.1) is 0 Å². The van der Waals surface area contributed by atoms with E-state index in [9.17, 15) is 0 Å². The molecule has 1 unspecified atom stereocenters. The van der Waals surface area contributed by atoms with Crippen LogP contribution in [0.4, 0.5) is 5.69 Å². The maximum Gasteiger partial charge on any atom is 0.239 e. The number of nitrogens with two attached hydrogens (primary N) is 1. The van der Waals surface area contributed by atoms with E-state index in [-0.39, 0.29) is 0 Å². The molecule has 1 aliphatic carbocycles. The Balaban J connectivity index is 1.59. The number of ether oxygens (including phenoxy) is 1. The number of rotatable bonds is 6. The van der Waals surface area contributed by atoms with Crippen LogP contribution >= 0.6 is 11.3 Å². The van der Waals surface area contributed by atoms with Gasteiger partial charge in [0.15, 0.2) is 6.10 Å². The molecule has 3 N–H and O–H groups in total. The number of tetrazole rings is 1. The van der Waals surface area contributed by atoms with Crippen molar-refractivity contribution in [3.05, 3.63) is 70.9 Å². The van der Waals surface area contributed by atoms with Gasteiger partial charge in [0.05, 0.1) is 16.3 Å². The molecule has 7 nitrogen and oxygen atoms in total. The molecule has 4 aromatic rings. The highest BCUT2D eigenvalue weighted by molar-refractivity contribution is 7.13. The van der Waals surface area contributed by atoms with Crippen LogP contribution in [0.3, 0.4) is 0 Å². The number of benzene rings is 1. The number of hydrogen-bond donors (Lipinski definition) is 2. The summed E-state index contributed by atoms with van der Waals surface area (Å²) in [7, 11) is 0. The molecular weight excluding hydrogens is 408 g/mol. The maximum atomic E-state index is 6.67. The van der Waals surface area contributed by atoms with E-state index in [0.717, 1.165) is 34.5 Å². The van der Waals surface area contributed by atoms with Crippen molar-refractivity contribution in [1.82, 2.24) is 25.6 Å². The number of aromatic amines is 1. The van der Waals surface area contributed by atoms with Gasteiger partial charge in [0.25, 0.3) is 0 Å². The van der Waals surface area contributed by atoms with Crippen molar-refractivity contribution >= 4 is 17.0 Å². The minimum Gasteiger partial charge on any atom is -0.460 e. The molecule has 5 rings (SSSR count). The number of nitrogens with zero attached hydrogens (tertiary/aromatic N) is 4. The number of hydrogen-bond acceptors (Lipinski definition) is 7. The first kappa shape index (κ1) is 19.7. The minimum atomic E-state index is -0.562. The highest BCUT2D eigenvalue weighted by Gasteiger charge is 2.26. The second kappa shape index (κ2) is 8.85. The first-order valence-corrected chi connectivity index (χ1v) is 11.5. The quantitative estimate of drug-likeness (QED) is 0.438. The van der Waals surface area contributed by atoms with Crippen molar-refractivity contribution in [1.29, 1.82) is 0 Å². The molecule has 1 atom stereocenters. The summed E-state index contributed by atoms with van der Waals surface area (Å²) in [5.41, 5.74) is 10.2. The Morgan fingerprint density at radius 1 is 1.06 bits per heavy atom. The van der Waals surface area contributed by atoms with E-state index in [4.69, 9.17) is 15.5 Å². The molecule has 3 aromatic heterocycles. The number of anilines is 1. The van der Waals surface area contributed by atoms with E-state index >= 15 is 0 Å². The summed E-state index contributed by atoms with van der Waals surface area (Å²) in [4.78, 5) is 5.92. The van der Waals surface area contributed by atoms with Gasteiger partial charge in [-0.15, -0.1) is 21.5 Å². The number of nitrogen functional groups attached to an aromatic ring is 1. The van der Waals surface area contributed by atoms with E-state index in [1.54, 1.807) is 11.3 Å². The van der Waals surface area contributed by atoms with Crippen LogP contribution in [0.25, 0.3) is 10.6 Å². The highest BCUT2D eigenvalue weighted by atomic mass is 32.1. The molecule has 1 aromatic carbocycles. The zero-order chi connectivity index (χ0) is 21.0. The lowest BCUT2D eigenvalue weighted by molar-refractivity contribution is 0.228. The third-order valence-corrected chi connectivity index (χ3v) is 6.69. The molecular formula is C23H24N6OS. The molecule has 3 heterocycles. The molecule has 1 aliphatic rings. The summed E-state index contributed by atoms with van der Waals surface area (Å²) in [5, 5.41) is 16.6. The summed E-state index contributed by atoms with van der Waals surface area (Å²) in [6.07, 6.45) is 5.47. The Morgan fingerprint density at radius 3 is 2.61 bits per heavy atom. The monoisotopic (exact) mass is 432 g/mol. The molecule has 8 heteroatoms. The number of aromatic nitrogens is 5. The van der Waals surface area contributed by atoms with Crippen LogP contribution in [-0.4, -0.2) is 25.6 Å². The van der Waals surface area contributed by atoms with Crippen molar-refractivity contribution in [3.63, 3.8) is 0 Å². The third kappa shape index (κ3) is 4.16. The Hall–Kier alpha value is -3.26. The summed E-state index contributed by atoms with van der Waals surface area (Å²) < 4.78 is 6.43. The van der Waals surface area contributed by atoms with Gasteiger partial charge in [-0.2, -0.15) is 5.21 Å². The molecule has 0 spiro atoms. The summed E-state index contributed by atoms with van der Waals surface area (Å²) in [6.45, 7) is 0. The van der Waals surface area contributed by atoms with E-state index in [1.165, 1.54) is 19.3 Å². The molecule has 0 bridgehead atoms. The average molecular weight is 433 g/mol. The summed E-state index contributed by atoms with van der Waals surface area (Å²) in [6, 6.07) is 16.1. The molecule has 0 amide bonds. The number of pyridine rings is 1. The van der Waals surface area contributed by atoms with Gasteiger partial charge in [0.1, 0.15) is 0 Å². The topological polar surface area (TPSA) is 103 Å². The Morgan fingerprint density at radius 2 is 1.90 bits per heavy atom. The first-order chi connectivity index (χ1) is 15.3. The van der Waals surface area contributed by atoms with E-state index < -0.39 is 6.10 Å². The Labute approximate surface area is 184 Å². The van der Waals surface area contributed by atoms with Gasteiger partial charge in [-0.1, -0.05) is 60.9 Å². The second-order valence-electron chi connectivity index (χ2n) is 7.81. The fourth-order valence-corrected chi connectivity index (χ4v) is 4.92. The van der Waals surface area contributed by atoms with Crippen LogP contribution < -0.4 is 10.5 Å². The molecule has 158 valence electrons.